The molecule has 2 atom stereocenters. The van der Waals surface area contributed by atoms with Gasteiger partial charge >= 0.3 is 6.09 Å². The molecule has 0 aliphatic rings. The molecule has 2 N–H and O–H groups in total. The molecule has 1 aromatic rings. The molecule has 0 fully saturated rings. The molecule has 1 rings (SSSR count). The quantitative estimate of drug-likeness (QED) is 0.495. The Balaban J connectivity index is 3.45. The summed E-state index contributed by atoms with van der Waals surface area (Å²) in [5.74, 6) is -1.24. The highest BCUT2D eigenvalue weighted by atomic mass is 16.6. The molecule has 176 valence electrons. The third kappa shape index (κ3) is 7.30. The maximum atomic E-state index is 13.6. The number of nitrogens with one attached hydrogen (secondary N) is 2. The SMILES string of the molecule is C#CN(C(=O)C(NC(=O)OC(C)(C)C)C(C)C)C(C(=O)NC(C)C)c1c(C)cccc1C. The molecule has 1 aromatic carbocycles. The summed E-state index contributed by atoms with van der Waals surface area (Å²) in [4.78, 5) is 40.3. The molecule has 2 unspecified atom stereocenters. The maximum absolute atomic E-state index is 13.6. The zero-order valence-electron chi connectivity index (χ0n) is 20.7. The minimum Gasteiger partial charge on any atom is -0.444 e. The summed E-state index contributed by atoms with van der Waals surface area (Å²) < 4.78 is 5.31. The van der Waals surface area contributed by atoms with E-state index in [9.17, 15) is 14.4 Å². The molecule has 0 bridgehead atoms. The minimum absolute atomic E-state index is 0.148. The summed E-state index contributed by atoms with van der Waals surface area (Å²) in [7, 11) is 0. The highest BCUT2D eigenvalue weighted by Gasteiger charge is 2.38. The molecule has 7 heteroatoms. The van der Waals surface area contributed by atoms with Crippen molar-refractivity contribution in [2.45, 2.75) is 86.0 Å². The molecular weight excluding hydrogens is 406 g/mol. The summed E-state index contributed by atoms with van der Waals surface area (Å²) in [6, 6.07) is 5.86. The summed E-state index contributed by atoms with van der Waals surface area (Å²) in [5, 5.41) is 5.49. The van der Waals surface area contributed by atoms with E-state index in [1.807, 2.05) is 45.9 Å². The number of benzene rings is 1. The Bertz CT molecular complexity index is 858. The van der Waals surface area contributed by atoms with Crippen LogP contribution in [0.3, 0.4) is 0 Å². The second-order valence-corrected chi connectivity index (χ2v) is 9.58. The van der Waals surface area contributed by atoms with E-state index in [-0.39, 0.29) is 17.9 Å². The van der Waals surface area contributed by atoms with Crippen molar-refractivity contribution in [1.82, 2.24) is 15.5 Å². The first-order valence-corrected chi connectivity index (χ1v) is 10.8. The van der Waals surface area contributed by atoms with E-state index < -0.39 is 29.7 Å². The van der Waals surface area contributed by atoms with Crippen LogP contribution in [0, 0.1) is 32.2 Å². The predicted molar refractivity (Wildman–Crippen MR) is 126 cm³/mol. The van der Waals surface area contributed by atoms with Crippen molar-refractivity contribution in [3.8, 4) is 12.5 Å². The number of ether oxygens (including phenoxy) is 1. The smallest absolute Gasteiger partial charge is 0.408 e. The van der Waals surface area contributed by atoms with Gasteiger partial charge in [0.05, 0.1) is 0 Å². The van der Waals surface area contributed by atoms with Gasteiger partial charge in [0.1, 0.15) is 17.7 Å². The number of aryl methyl sites for hydroxylation is 2. The van der Waals surface area contributed by atoms with Crippen LogP contribution in [-0.4, -0.2) is 40.5 Å². The van der Waals surface area contributed by atoms with Crippen LogP contribution in [0.1, 0.15) is 71.2 Å². The maximum Gasteiger partial charge on any atom is 0.408 e. The lowest BCUT2D eigenvalue weighted by Crippen LogP contribution is -2.54. The lowest BCUT2D eigenvalue weighted by molar-refractivity contribution is -0.139. The standard InChI is InChI=1S/C25H37N3O4/c1-11-28(23(30)20(15(2)3)27-24(31)32-25(8,9)10)21(22(29)26-16(4)5)19-17(6)13-12-14-18(19)7/h1,12-16,20-21H,2-10H3,(H,26,29)(H,27,31). The zero-order valence-corrected chi connectivity index (χ0v) is 20.7. The van der Waals surface area contributed by atoms with Crippen molar-refractivity contribution in [3.05, 3.63) is 34.9 Å². The highest BCUT2D eigenvalue weighted by Crippen LogP contribution is 2.29. The predicted octanol–water partition coefficient (Wildman–Crippen LogP) is 3.84. The Morgan fingerprint density at radius 3 is 1.97 bits per heavy atom. The molecule has 0 aliphatic carbocycles. The molecular formula is C25H37N3O4. The van der Waals surface area contributed by atoms with Gasteiger partial charge in [0, 0.05) is 12.1 Å². The third-order valence-electron chi connectivity index (χ3n) is 4.73. The van der Waals surface area contributed by atoms with E-state index in [1.54, 1.807) is 34.6 Å². The molecule has 0 spiro atoms. The van der Waals surface area contributed by atoms with Gasteiger partial charge in [-0.1, -0.05) is 38.5 Å². The number of carbonyl (C=O) groups excluding carboxylic acids is 3. The van der Waals surface area contributed by atoms with Gasteiger partial charge in [0.25, 0.3) is 5.91 Å². The van der Waals surface area contributed by atoms with Gasteiger partial charge in [-0.3, -0.25) is 14.5 Å². The average molecular weight is 444 g/mol. The van der Waals surface area contributed by atoms with Crippen LogP contribution < -0.4 is 10.6 Å². The molecule has 7 nitrogen and oxygen atoms in total. The highest BCUT2D eigenvalue weighted by molar-refractivity contribution is 5.93. The number of hydrogen-bond donors (Lipinski definition) is 2. The number of nitrogens with zero attached hydrogens (tertiary/aromatic N) is 1. The first-order valence-electron chi connectivity index (χ1n) is 10.8. The Morgan fingerprint density at radius 2 is 1.56 bits per heavy atom. The summed E-state index contributed by atoms with van der Waals surface area (Å²) in [6.45, 7) is 16.2. The Labute approximate surface area is 192 Å². The van der Waals surface area contributed by atoms with E-state index in [2.05, 4.69) is 16.7 Å². The molecule has 0 aromatic heterocycles. The van der Waals surface area contributed by atoms with Crippen LogP contribution in [0.15, 0.2) is 18.2 Å². The van der Waals surface area contributed by atoms with Crippen LogP contribution in [0.5, 0.6) is 0 Å². The van der Waals surface area contributed by atoms with Gasteiger partial charge in [-0.2, -0.15) is 0 Å². The van der Waals surface area contributed by atoms with Crippen molar-refractivity contribution < 1.29 is 19.1 Å². The van der Waals surface area contributed by atoms with Gasteiger partial charge in [0.15, 0.2) is 0 Å². The van der Waals surface area contributed by atoms with Crippen LogP contribution in [0.2, 0.25) is 0 Å². The summed E-state index contributed by atoms with van der Waals surface area (Å²) >= 11 is 0. The van der Waals surface area contributed by atoms with E-state index in [0.29, 0.717) is 5.56 Å². The van der Waals surface area contributed by atoms with Gasteiger partial charge < -0.3 is 15.4 Å². The normalized spacial score (nSPS) is 13.2. The first-order chi connectivity index (χ1) is 14.7. The molecule has 0 heterocycles. The molecule has 0 saturated carbocycles. The van der Waals surface area contributed by atoms with Gasteiger partial charge in [-0.15, -0.1) is 0 Å². The number of rotatable bonds is 7. The Morgan fingerprint density at radius 1 is 1.03 bits per heavy atom. The third-order valence-corrected chi connectivity index (χ3v) is 4.73. The molecule has 32 heavy (non-hydrogen) atoms. The number of hydrogen-bond acceptors (Lipinski definition) is 4. The van der Waals surface area contributed by atoms with Gasteiger partial charge in [0.2, 0.25) is 5.91 Å². The monoisotopic (exact) mass is 443 g/mol. The zero-order chi connectivity index (χ0) is 24.8. The number of alkyl carbamates (subject to hydrolysis) is 1. The number of amides is 3. The van der Waals surface area contributed by atoms with Crippen LogP contribution >= 0.6 is 0 Å². The topological polar surface area (TPSA) is 87.7 Å². The van der Waals surface area contributed by atoms with Crippen molar-refractivity contribution in [2.75, 3.05) is 0 Å². The van der Waals surface area contributed by atoms with Crippen molar-refractivity contribution in [3.63, 3.8) is 0 Å². The molecule has 3 amide bonds. The minimum atomic E-state index is -1.04. The van der Waals surface area contributed by atoms with Crippen LogP contribution in [-0.2, 0) is 14.3 Å². The fourth-order valence-corrected chi connectivity index (χ4v) is 3.36. The van der Waals surface area contributed by atoms with Crippen molar-refractivity contribution in [2.24, 2.45) is 5.92 Å². The van der Waals surface area contributed by atoms with Crippen molar-refractivity contribution in [1.29, 1.82) is 0 Å². The Kier molecular flexibility index (Phi) is 9.32. The number of terminal acetylenes is 1. The molecule has 0 aliphatic heterocycles. The largest absolute Gasteiger partial charge is 0.444 e. The Hall–Kier alpha value is -3.01. The second kappa shape index (κ2) is 11.0. The fraction of sp³-hybridized carbons (Fsp3) is 0.560. The van der Waals surface area contributed by atoms with E-state index in [1.165, 1.54) is 0 Å². The van der Waals surface area contributed by atoms with Crippen molar-refractivity contribution >= 4 is 17.9 Å². The second-order valence-electron chi connectivity index (χ2n) is 9.58. The molecule has 0 saturated heterocycles. The van der Waals surface area contributed by atoms with E-state index in [4.69, 9.17) is 11.2 Å². The van der Waals surface area contributed by atoms with Gasteiger partial charge in [-0.05, 0) is 71.1 Å². The van der Waals surface area contributed by atoms with Gasteiger partial charge in [-0.25, -0.2) is 4.79 Å². The molecule has 0 radical (unpaired) electrons. The lowest BCUT2D eigenvalue weighted by Gasteiger charge is -2.33. The first kappa shape index (κ1) is 27.0. The van der Waals surface area contributed by atoms with E-state index >= 15 is 0 Å². The number of carbonyl (C=O) groups is 3. The summed E-state index contributed by atoms with van der Waals surface area (Å²) in [6.07, 6.45) is 5.06. The van der Waals surface area contributed by atoms with Crippen LogP contribution in [0.4, 0.5) is 4.79 Å². The van der Waals surface area contributed by atoms with Crippen LogP contribution in [0.25, 0.3) is 0 Å². The van der Waals surface area contributed by atoms with E-state index in [0.717, 1.165) is 16.0 Å². The summed E-state index contributed by atoms with van der Waals surface area (Å²) in [5.41, 5.74) is 1.61. The average Bonchev–Trinajstić information content (AvgIpc) is 2.62. The fourth-order valence-electron chi connectivity index (χ4n) is 3.36. The lowest BCUT2D eigenvalue weighted by atomic mass is 9.93.